The fourth-order valence-electron chi connectivity index (χ4n) is 2.98. The molecule has 0 radical (unpaired) electrons. The van der Waals surface area contributed by atoms with Crippen molar-refractivity contribution in [1.82, 2.24) is 14.8 Å². The number of piperazine rings is 1. The van der Waals surface area contributed by atoms with Crippen LogP contribution in [0.5, 0.6) is 0 Å². The summed E-state index contributed by atoms with van der Waals surface area (Å²) in [6.45, 7) is 4.56. The summed E-state index contributed by atoms with van der Waals surface area (Å²) in [6, 6.07) is 7.52. The molecule has 1 aromatic rings. The van der Waals surface area contributed by atoms with E-state index in [-0.39, 0.29) is 11.8 Å². The zero-order valence-electron chi connectivity index (χ0n) is 12.9. The van der Waals surface area contributed by atoms with E-state index in [1.165, 1.54) is 4.90 Å². The zero-order valence-corrected chi connectivity index (χ0v) is 12.9. The molecule has 0 atom stereocenters. The molecule has 0 spiro atoms. The van der Waals surface area contributed by atoms with Crippen LogP contribution in [0, 0.1) is 11.3 Å². The Kier molecular flexibility index (Phi) is 4.53. The van der Waals surface area contributed by atoms with Crippen molar-refractivity contribution in [3.05, 3.63) is 23.9 Å². The van der Waals surface area contributed by atoms with Gasteiger partial charge in [-0.3, -0.25) is 19.4 Å². The van der Waals surface area contributed by atoms with Gasteiger partial charge < -0.3 is 4.90 Å². The molecular formula is C16H19N5O2. The summed E-state index contributed by atoms with van der Waals surface area (Å²) in [7, 11) is 0. The molecule has 1 aromatic heterocycles. The second-order valence-corrected chi connectivity index (χ2v) is 5.76. The number of carbonyl (C=O) groups is 2. The van der Waals surface area contributed by atoms with E-state index in [1.54, 1.807) is 6.07 Å². The maximum absolute atomic E-state index is 11.6. The Hall–Kier alpha value is -2.46. The third-order valence-electron chi connectivity index (χ3n) is 4.34. The van der Waals surface area contributed by atoms with Crippen LogP contribution in [0.15, 0.2) is 18.2 Å². The van der Waals surface area contributed by atoms with Gasteiger partial charge in [-0.15, -0.1) is 0 Å². The molecule has 2 amide bonds. The van der Waals surface area contributed by atoms with E-state index in [0.717, 1.165) is 38.5 Å². The molecule has 0 unspecified atom stereocenters. The average molecular weight is 313 g/mol. The number of hydrogen-bond donors (Lipinski definition) is 0. The summed E-state index contributed by atoms with van der Waals surface area (Å²) in [4.78, 5) is 33.3. The lowest BCUT2D eigenvalue weighted by Gasteiger charge is -2.35. The normalized spacial score (nSPS) is 19.3. The number of rotatable bonds is 4. The predicted molar refractivity (Wildman–Crippen MR) is 83.6 cm³/mol. The van der Waals surface area contributed by atoms with Gasteiger partial charge in [-0.2, -0.15) is 5.26 Å². The standard InChI is InChI=1S/C16H19N5O2/c17-12-13-2-1-3-14(18-13)20-9-6-19(7-10-20)8-11-21-15(22)4-5-16(21)23/h1-3H,4-11H2. The topological polar surface area (TPSA) is 80.5 Å². The summed E-state index contributed by atoms with van der Waals surface area (Å²) >= 11 is 0. The minimum Gasteiger partial charge on any atom is -0.354 e. The van der Waals surface area contributed by atoms with Crippen molar-refractivity contribution < 1.29 is 9.59 Å². The molecule has 0 aromatic carbocycles. The molecule has 3 heterocycles. The van der Waals surface area contributed by atoms with E-state index in [0.29, 0.717) is 25.1 Å². The molecule has 2 fully saturated rings. The molecule has 7 nitrogen and oxygen atoms in total. The Bertz CT molecular complexity index is 630. The molecule has 0 bridgehead atoms. The van der Waals surface area contributed by atoms with Gasteiger partial charge in [-0.05, 0) is 12.1 Å². The van der Waals surface area contributed by atoms with Crippen LogP contribution in [0.3, 0.4) is 0 Å². The van der Waals surface area contributed by atoms with Crippen molar-refractivity contribution in [1.29, 1.82) is 5.26 Å². The highest BCUT2D eigenvalue weighted by atomic mass is 16.2. The number of likely N-dealkylation sites (tertiary alicyclic amines) is 1. The Morgan fingerprint density at radius 3 is 2.39 bits per heavy atom. The Morgan fingerprint density at radius 2 is 1.74 bits per heavy atom. The van der Waals surface area contributed by atoms with Gasteiger partial charge in [-0.25, -0.2) is 4.98 Å². The number of amides is 2. The maximum atomic E-state index is 11.6. The highest BCUT2D eigenvalue weighted by Gasteiger charge is 2.29. The van der Waals surface area contributed by atoms with Crippen LogP contribution in [0.4, 0.5) is 5.82 Å². The first kappa shape index (κ1) is 15.4. The van der Waals surface area contributed by atoms with Gasteiger partial charge in [0.2, 0.25) is 11.8 Å². The maximum Gasteiger partial charge on any atom is 0.229 e. The predicted octanol–water partition coefficient (Wildman–Crippen LogP) is 0.224. The number of anilines is 1. The fourth-order valence-corrected chi connectivity index (χ4v) is 2.98. The fraction of sp³-hybridized carbons (Fsp3) is 0.500. The number of aromatic nitrogens is 1. The summed E-state index contributed by atoms with van der Waals surface area (Å²) < 4.78 is 0. The molecule has 2 saturated heterocycles. The molecular weight excluding hydrogens is 294 g/mol. The van der Waals surface area contributed by atoms with Gasteiger partial charge in [0, 0.05) is 52.1 Å². The SMILES string of the molecule is N#Cc1cccc(N2CCN(CCN3C(=O)CCC3=O)CC2)n1. The molecule has 2 aliphatic rings. The number of nitriles is 1. The molecule has 23 heavy (non-hydrogen) atoms. The van der Waals surface area contributed by atoms with Crippen LogP contribution >= 0.6 is 0 Å². The van der Waals surface area contributed by atoms with Crippen molar-refractivity contribution >= 4 is 17.6 Å². The summed E-state index contributed by atoms with van der Waals surface area (Å²) in [6.07, 6.45) is 0.709. The smallest absolute Gasteiger partial charge is 0.229 e. The molecule has 7 heteroatoms. The summed E-state index contributed by atoms with van der Waals surface area (Å²) in [5.74, 6) is 0.728. The van der Waals surface area contributed by atoms with Gasteiger partial charge >= 0.3 is 0 Å². The Morgan fingerprint density at radius 1 is 1.04 bits per heavy atom. The van der Waals surface area contributed by atoms with Crippen molar-refractivity contribution in [3.8, 4) is 6.07 Å². The largest absolute Gasteiger partial charge is 0.354 e. The number of carbonyl (C=O) groups excluding carboxylic acids is 2. The second kappa shape index (κ2) is 6.75. The van der Waals surface area contributed by atoms with Crippen LogP contribution in [-0.2, 0) is 9.59 Å². The molecule has 0 saturated carbocycles. The first-order chi connectivity index (χ1) is 11.2. The van der Waals surface area contributed by atoms with Crippen LogP contribution in [0.25, 0.3) is 0 Å². The van der Waals surface area contributed by atoms with Crippen molar-refractivity contribution in [2.75, 3.05) is 44.2 Å². The summed E-state index contributed by atoms with van der Waals surface area (Å²) in [5.41, 5.74) is 0.427. The van der Waals surface area contributed by atoms with E-state index in [9.17, 15) is 9.59 Å². The van der Waals surface area contributed by atoms with Crippen LogP contribution < -0.4 is 4.90 Å². The molecule has 2 aliphatic heterocycles. The molecule has 120 valence electrons. The van der Waals surface area contributed by atoms with Gasteiger partial charge in [0.05, 0.1) is 0 Å². The first-order valence-electron chi connectivity index (χ1n) is 7.85. The lowest BCUT2D eigenvalue weighted by molar-refractivity contribution is -0.138. The number of hydrogen-bond acceptors (Lipinski definition) is 6. The van der Waals surface area contributed by atoms with Crippen LogP contribution in [0.2, 0.25) is 0 Å². The number of nitrogens with zero attached hydrogens (tertiary/aromatic N) is 5. The molecule has 3 rings (SSSR count). The lowest BCUT2D eigenvalue weighted by atomic mass is 10.3. The van der Waals surface area contributed by atoms with E-state index < -0.39 is 0 Å². The first-order valence-corrected chi connectivity index (χ1v) is 7.85. The molecule has 0 N–H and O–H groups in total. The lowest BCUT2D eigenvalue weighted by Crippen LogP contribution is -2.49. The van der Waals surface area contributed by atoms with Crippen LogP contribution in [0.1, 0.15) is 18.5 Å². The minimum atomic E-state index is -0.0499. The second-order valence-electron chi connectivity index (χ2n) is 5.76. The minimum absolute atomic E-state index is 0.0499. The monoisotopic (exact) mass is 313 g/mol. The van der Waals surface area contributed by atoms with E-state index in [2.05, 4.69) is 20.9 Å². The Balaban J connectivity index is 1.49. The van der Waals surface area contributed by atoms with Gasteiger partial charge in [0.25, 0.3) is 0 Å². The number of imide groups is 1. The Labute approximate surface area is 135 Å². The quantitative estimate of drug-likeness (QED) is 0.740. The van der Waals surface area contributed by atoms with E-state index in [1.807, 2.05) is 12.1 Å². The van der Waals surface area contributed by atoms with Crippen LogP contribution in [-0.4, -0.2) is 65.9 Å². The van der Waals surface area contributed by atoms with Gasteiger partial charge in [0.15, 0.2) is 0 Å². The van der Waals surface area contributed by atoms with Gasteiger partial charge in [-0.1, -0.05) is 6.07 Å². The van der Waals surface area contributed by atoms with Crippen molar-refractivity contribution in [2.24, 2.45) is 0 Å². The van der Waals surface area contributed by atoms with E-state index in [4.69, 9.17) is 5.26 Å². The zero-order chi connectivity index (χ0) is 16.2. The van der Waals surface area contributed by atoms with Gasteiger partial charge in [0.1, 0.15) is 17.6 Å². The third-order valence-corrected chi connectivity index (χ3v) is 4.34. The molecule has 0 aliphatic carbocycles. The third kappa shape index (κ3) is 3.48. The van der Waals surface area contributed by atoms with E-state index >= 15 is 0 Å². The summed E-state index contributed by atoms with van der Waals surface area (Å²) in [5, 5.41) is 8.92. The number of pyridine rings is 1. The highest BCUT2D eigenvalue weighted by Crippen LogP contribution is 2.15. The highest BCUT2D eigenvalue weighted by molar-refractivity contribution is 6.01. The van der Waals surface area contributed by atoms with Crippen molar-refractivity contribution in [2.45, 2.75) is 12.8 Å². The van der Waals surface area contributed by atoms with Crippen molar-refractivity contribution in [3.63, 3.8) is 0 Å². The average Bonchev–Trinajstić information content (AvgIpc) is 2.92.